The molecular formula is C23H20F2N4O2. The van der Waals surface area contributed by atoms with Crippen molar-refractivity contribution >= 4 is 22.8 Å². The third kappa shape index (κ3) is 4.12. The number of carbonyl (C=O) groups excluding carboxylic acids is 1. The van der Waals surface area contributed by atoms with Crippen LogP contribution in [-0.4, -0.2) is 35.1 Å². The molecule has 2 atom stereocenters. The van der Waals surface area contributed by atoms with Crippen molar-refractivity contribution < 1.29 is 18.3 Å². The molecule has 1 heterocycles. The van der Waals surface area contributed by atoms with E-state index in [1.54, 1.807) is 24.4 Å². The molecule has 1 unspecified atom stereocenters. The number of hydrogen-bond donors (Lipinski definition) is 2. The lowest BCUT2D eigenvalue weighted by molar-refractivity contribution is -0.116. The number of hydrogen-bond acceptors (Lipinski definition) is 5. The van der Waals surface area contributed by atoms with Crippen molar-refractivity contribution in [3.05, 3.63) is 48.2 Å². The Morgan fingerprint density at radius 1 is 1.23 bits per heavy atom. The molecule has 158 valence electrons. The lowest BCUT2D eigenvalue weighted by atomic mass is 10.0. The Morgan fingerprint density at radius 3 is 2.81 bits per heavy atom. The predicted octanol–water partition coefficient (Wildman–Crippen LogP) is 3.67. The molecule has 1 aliphatic carbocycles. The zero-order valence-electron chi connectivity index (χ0n) is 16.8. The molecule has 31 heavy (non-hydrogen) atoms. The zero-order valence-corrected chi connectivity index (χ0v) is 16.8. The van der Waals surface area contributed by atoms with Gasteiger partial charge in [0.2, 0.25) is 5.95 Å². The van der Waals surface area contributed by atoms with Crippen LogP contribution in [0.15, 0.2) is 36.5 Å². The molecule has 0 bridgehead atoms. The summed E-state index contributed by atoms with van der Waals surface area (Å²) >= 11 is 0. The van der Waals surface area contributed by atoms with Crippen LogP contribution < -0.4 is 15.4 Å². The highest BCUT2D eigenvalue weighted by molar-refractivity contribution is 5.93. The summed E-state index contributed by atoms with van der Waals surface area (Å²) in [5.74, 6) is 0.554. The van der Waals surface area contributed by atoms with Crippen molar-refractivity contribution in [1.82, 2.24) is 15.3 Å². The van der Waals surface area contributed by atoms with Crippen molar-refractivity contribution in [2.75, 3.05) is 12.4 Å². The molecular weight excluding hydrogens is 402 g/mol. The molecule has 6 nitrogen and oxygen atoms in total. The normalized spacial score (nSPS) is 17.9. The largest absolute Gasteiger partial charge is 0.494 e. The Hall–Kier alpha value is -3.73. The zero-order chi connectivity index (χ0) is 22.0. The van der Waals surface area contributed by atoms with Gasteiger partial charge in [-0.05, 0) is 55.0 Å². The number of benzene rings is 2. The number of nitrogens with one attached hydrogen (secondary N) is 2. The molecule has 1 fully saturated rings. The molecule has 0 saturated heterocycles. The average molecular weight is 422 g/mol. The van der Waals surface area contributed by atoms with Gasteiger partial charge >= 0.3 is 0 Å². The molecule has 3 aromatic rings. The van der Waals surface area contributed by atoms with Gasteiger partial charge in [0.05, 0.1) is 18.2 Å². The number of fused-ring (bicyclic) bond motifs is 1. The van der Waals surface area contributed by atoms with E-state index in [4.69, 9.17) is 11.2 Å². The quantitative estimate of drug-likeness (QED) is 0.614. The minimum absolute atomic E-state index is 0.0321. The van der Waals surface area contributed by atoms with E-state index in [2.05, 4.69) is 26.5 Å². The average Bonchev–Trinajstić information content (AvgIpc) is 3.20. The first-order valence-electron chi connectivity index (χ1n) is 9.83. The molecule has 8 heteroatoms. The number of carbonyl (C=O) groups is 1. The highest BCUT2D eigenvalue weighted by atomic mass is 19.1. The van der Waals surface area contributed by atoms with Crippen molar-refractivity contribution in [1.29, 1.82) is 0 Å². The highest BCUT2D eigenvalue weighted by Gasteiger charge is 2.28. The van der Waals surface area contributed by atoms with E-state index in [0.717, 1.165) is 19.3 Å². The number of rotatable bonds is 5. The maximum atomic E-state index is 14.6. The molecule has 1 amide bonds. The van der Waals surface area contributed by atoms with E-state index in [9.17, 15) is 13.6 Å². The fourth-order valence-electron chi connectivity index (χ4n) is 3.90. The summed E-state index contributed by atoms with van der Waals surface area (Å²) in [4.78, 5) is 20.3. The second-order valence-electron chi connectivity index (χ2n) is 7.31. The fraction of sp³-hybridized carbons (Fsp3) is 0.261. The minimum atomic E-state index is -0.762. The van der Waals surface area contributed by atoms with E-state index in [1.807, 2.05) is 0 Å². The van der Waals surface area contributed by atoms with Crippen LogP contribution in [-0.2, 0) is 4.79 Å². The van der Waals surface area contributed by atoms with Gasteiger partial charge in [0.1, 0.15) is 5.82 Å². The van der Waals surface area contributed by atoms with E-state index >= 15 is 0 Å². The van der Waals surface area contributed by atoms with Crippen LogP contribution >= 0.6 is 0 Å². The molecule has 0 radical (unpaired) electrons. The Labute approximate surface area is 178 Å². The van der Waals surface area contributed by atoms with Crippen LogP contribution in [0.5, 0.6) is 5.75 Å². The lowest BCUT2D eigenvalue weighted by Gasteiger charge is -2.21. The van der Waals surface area contributed by atoms with Gasteiger partial charge in [-0.25, -0.2) is 18.7 Å². The molecule has 2 aromatic carbocycles. The molecule has 1 aliphatic rings. The van der Waals surface area contributed by atoms with Crippen LogP contribution in [0.25, 0.3) is 22.0 Å². The Bertz CT molecular complexity index is 1190. The molecule has 1 aromatic heterocycles. The number of aromatic nitrogens is 2. The molecule has 1 saturated carbocycles. The van der Waals surface area contributed by atoms with Gasteiger partial charge in [0.15, 0.2) is 11.6 Å². The van der Waals surface area contributed by atoms with Gasteiger partial charge in [0.25, 0.3) is 5.91 Å². The van der Waals surface area contributed by atoms with Gasteiger partial charge in [-0.15, -0.1) is 6.42 Å². The van der Waals surface area contributed by atoms with Gasteiger partial charge in [-0.2, -0.15) is 0 Å². The molecule has 0 aliphatic heterocycles. The number of amides is 1. The summed E-state index contributed by atoms with van der Waals surface area (Å²) in [6, 6.07) is 7.21. The number of nitrogens with zero attached hydrogens (tertiary/aromatic N) is 2. The van der Waals surface area contributed by atoms with E-state index < -0.39 is 17.5 Å². The van der Waals surface area contributed by atoms with E-state index in [-0.39, 0.29) is 23.4 Å². The first kappa shape index (κ1) is 20.5. The molecule has 2 N–H and O–H groups in total. The second-order valence-corrected chi connectivity index (χ2v) is 7.31. The van der Waals surface area contributed by atoms with Crippen molar-refractivity contribution in [3.63, 3.8) is 0 Å². The van der Waals surface area contributed by atoms with Crippen molar-refractivity contribution in [2.45, 2.75) is 31.3 Å². The predicted molar refractivity (Wildman–Crippen MR) is 113 cm³/mol. The van der Waals surface area contributed by atoms with Crippen LogP contribution in [0.4, 0.5) is 14.7 Å². The van der Waals surface area contributed by atoms with E-state index in [0.29, 0.717) is 22.4 Å². The second kappa shape index (κ2) is 8.56. The maximum absolute atomic E-state index is 14.6. The summed E-state index contributed by atoms with van der Waals surface area (Å²) in [5, 5.41) is 6.69. The summed E-state index contributed by atoms with van der Waals surface area (Å²) in [5.41, 5.74) is 0.812. The monoisotopic (exact) mass is 422 g/mol. The lowest BCUT2D eigenvalue weighted by Crippen LogP contribution is -2.43. The number of terminal acetylenes is 1. The standard InChI is InChI=1S/C23H20F2N4O2/c1-3-20(30)27-17-5-4-6-18(17)29-23-26-12-14-11-13(7-9-16(14)28-23)21-15(24)8-10-19(31-2)22(21)25/h1,7-12,17-18H,4-6H2,2H3,(H,27,30)(H,26,28,29)/t17-,18?/m1/s1. The van der Waals surface area contributed by atoms with Crippen LogP contribution in [0, 0.1) is 24.0 Å². The maximum Gasteiger partial charge on any atom is 0.295 e. The third-order valence-electron chi connectivity index (χ3n) is 5.42. The van der Waals surface area contributed by atoms with Crippen LogP contribution in [0.3, 0.4) is 0 Å². The first-order valence-corrected chi connectivity index (χ1v) is 9.83. The van der Waals surface area contributed by atoms with Gasteiger partial charge in [-0.1, -0.05) is 6.07 Å². The fourth-order valence-corrected chi connectivity index (χ4v) is 3.90. The van der Waals surface area contributed by atoms with Crippen molar-refractivity contribution in [2.24, 2.45) is 0 Å². The van der Waals surface area contributed by atoms with Gasteiger partial charge in [0, 0.05) is 23.7 Å². The minimum Gasteiger partial charge on any atom is -0.494 e. The smallest absolute Gasteiger partial charge is 0.295 e. The summed E-state index contributed by atoms with van der Waals surface area (Å²) in [7, 11) is 1.33. The summed E-state index contributed by atoms with van der Waals surface area (Å²) in [6.07, 6.45) is 9.35. The first-order chi connectivity index (χ1) is 15.0. The van der Waals surface area contributed by atoms with Crippen molar-refractivity contribution in [3.8, 4) is 29.2 Å². The summed E-state index contributed by atoms with van der Waals surface area (Å²) in [6.45, 7) is 0. The SMILES string of the molecule is C#CC(=O)N[C@@H]1CCCC1Nc1ncc2cc(-c3c(F)ccc(OC)c3F)ccc2n1. The van der Waals surface area contributed by atoms with Gasteiger partial charge in [-0.3, -0.25) is 4.79 Å². The third-order valence-corrected chi connectivity index (χ3v) is 5.42. The Morgan fingerprint density at radius 2 is 2.03 bits per heavy atom. The van der Waals surface area contributed by atoms with Crippen LogP contribution in [0.1, 0.15) is 19.3 Å². The number of ether oxygens (including phenoxy) is 1. The number of methoxy groups -OCH3 is 1. The number of anilines is 1. The number of halogens is 2. The topological polar surface area (TPSA) is 76.1 Å². The Balaban J connectivity index is 1.60. The van der Waals surface area contributed by atoms with Crippen LogP contribution in [0.2, 0.25) is 0 Å². The molecule has 4 rings (SSSR count). The van der Waals surface area contributed by atoms with Gasteiger partial charge < -0.3 is 15.4 Å². The highest BCUT2D eigenvalue weighted by Crippen LogP contribution is 2.33. The Kier molecular flexibility index (Phi) is 5.67. The summed E-state index contributed by atoms with van der Waals surface area (Å²) < 4.78 is 33.9. The van der Waals surface area contributed by atoms with E-state index in [1.165, 1.54) is 19.2 Å². The molecule has 0 spiro atoms.